The first-order valence-electron chi connectivity index (χ1n) is 18.0. The Morgan fingerprint density at radius 2 is 0.855 bits per heavy atom. The number of benzene rings is 5. The Morgan fingerprint density at radius 1 is 0.516 bits per heavy atom. The zero-order valence-corrected chi connectivity index (χ0v) is 33.9. The minimum Gasteiger partial charge on any atom is -0.497 e. The summed E-state index contributed by atoms with van der Waals surface area (Å²) in [5.74, 6) is -1.73. The summed E-state index contributed by atoms with van der Waals surface area (Å²) in [5.41, 5.74) is 5.79. The molecule has 7 rings (SSSR count). The van der Waals surface area contributed by atoms with Crippen molar-refractivity contribution in [3.8, 4) is 11.5 Å². The number of carbonyl (C=O) groups is 4. The summed E-state index contributed by atoms with van der Waals surface area (Å²) in [6.07, 6.45) is 2.12. The number of anilines is 4. The first-order chi connectivity index (χ1) is 29.5. The molecule has 0 spiro atoms. The minimum absolute atomic E-state index is 0.0538. The molecule has 5 aromatic rings. The second kappa shape index (κ2) is 17.1. The van der Waals surface area contributed by atoms with Gasteiger partial charge in [0.05, 0.1) is 25.6 Å². The molecule has 0 fully saturated rings. The van der Waals surface area contributed by atoms with Gasteiger partial charge in [-0.25, -0.2) is 0 Å². The maximum atomic E-state index is 13.4. The summed E-state index contributed by atoms with van der Waals surface area (Å²) in [5, 5.41) is 13.2. The highest BCUT2D eigenvalue weighted by atomic mass is 32.2. The maximum absolute atomic E-state index is 13.4. The van der Waals surface area contributed by atoms with E-state index in [1.54, 1.807) is 48.5 Å². The van der Waals surface area contributed by atoms with E-state index < -0.39 is 64.9 Å². The van der Waals surface area contributed by atoms with Crippen molar-refractivity contribution in [1.82, 2.24) is 0 Å². The lowest BCUT2D eigenvalue weighted by atomic mass is 9.94. The zero-order chi connectivity index (χ0) is 44.3. The number of hydrogen-bond donors (Lipinski definition) is 6. The lowest BCUT2D eigenvalue weighted by Crippen LogP contribution is -2.27. The largest absolute Gasteiger partial charge is 0.497 e. The number of Topliss-reactive ketones (excluding diaryl/α,β-unsaturated/α-hetero) is 2. The molecule has 314 valence electrons. The van der Waals surface area contributed by atoms with E-state index in [-0.39, 0.29) is 44.8 Å². The first kappa shape index (κ1) is 42.3. The van der Waals surface area contributed by atoms with E-state index in [1.807, 2.05) is 0 Å². The molecule has 20 heteroatoms. The molecule has 0 radical (unpaired) electrons. The summed E-state index contributed by atoms with van der Waals surface area (Å²) in [7, 11) is -6.89. The van der Waals surface area contributed by atoms with Gasteiger partial charge < -0.3 is 20.1 Å². The predicted octanol–water partition coefficient (Wildman–Crippen LogP) is 5.99. The molecule has 2 amide bonds. The number of amides is 2. The van der Waals surface area contributed by atoms with Crippen molar-refractivity contribution in [3.63, 3.8) is 0 Å². The number of ether oxygens (including phenoxy) is 2. The number of nitrogens with one attached hydrogen (secondary N) is 4. The van der Waals surface area contributed by atoms with E-state index in [2.05, 4.69) is 31.7 Å². The summed E-state index contributed by atoms with van der Waals surface area (Å²) >= 11 is 0. The molecule has 18 nitrogen and oxygen atoms in total. The van der Waals surface area contributed by atoms with Gasteiger partial charge in [0.2, 0.25) is 11.6 Å². The Bertz CT molecular complexity index is 2830. The lowest BCUT2D eigenvalue weighted by molar-refractivity contribution is 0.101. The number of carbonyl (C=O) groups excluding carboxylic acids is 4. The van der Waals surface area contributed by atoms with Crippen LogP contribution in [0, 0.1) is 0 Å². The van der Waals surface area contributed by atoms with Crippen LogP contribution in [0.3, 0.4) is 0 Å². The number of ketones is 2. The van der Waals surface area contributed by atoms with Crippen LogP contribution in [0.15, 0.2) is 129 Å². The third-order valence-corrected chi connectivity index (χ3v) is 11.1. The fourth-order valence-corrected chi connectivity index (χ4v) is 7.51. The standard InChI is InChI=1S/C42H32N6O12S2/c1-59-31-13-7-27(8-14-31)45-47-37-35(61(53,54)55)21-25-19-29(11-17-33(25)39(37)49)43-41(51)23-3-5-24(6-4-23)42(52)44-30-12-18-34-26(20-30)22-36(62(56,57)58)38(40(34)50)48-46-28-9-15-32(60-2)16-10-28/h3-22,45-46H,1-2H3,(H,43,51)(H,44,52)(H,53,54,55)(H,56,57,58)/b47-37-,48-38-. The van der Waals surface area contributed by atoms with E-state index >= 15 is 0 Å². The van der Waals surface area contributed by atoms with Gasteiger partial charge >= 0.3 is 0 Å². The molecule has 5 aromatic carbocycles. The van der Waals surface area contributed by atoms with Crippen LogP contribution in [-0.4, -0.2) is 75.0 Å². The minimum atomic E-state index is -4.93. The van der Waals surface area contributed by atoms with Crippen molar-refractivity contribution in [1.29, 1.82) is 0 Å². The van der Waals surface area contributed by atoms with Crippen LogP contribution in [0.5, 0.6) is 11.5 Å². The Hall–Kier alpha value is -7.78. The van der Waals surface area contributed by atoms with Gasteiger partial charge in [-0.2, -0.15) is 27.0 Å². The number of allylic oxidation sites excluding steroid dienone is 2. The highest BCUT2D eigenvalue weighted by Crippen LogP contribution is 2.30. The molecule has 0 saturated heterocycles. The lowest BCUT2D eigenvalue weighted by Gasteiger charge is -2.17. The van der Waals surface area contributed by atoms with E-state index in [9.17, 15) is 45.1 Å². The van der Waals surface area contributed by atoms with E-state index in [0.717, 1.165) is 12.2 Å². The molecule has 0 aliphatic heterocycles. The topological polar surface area (TPSA) is 268 Å². The van der Waals surface area contributed by atoms with Crippen molar-refractivity contribution in [2.45, 2.75) is 0 Å². The Labute approximate surface area is 353 Å². The van der Waals surface area contributed by atoms with Crippen molar-refractivity contribution >= 4 is 89.9 Å². The first-order valence-corrected chi connectivity index (χ1v) is 20.9. The van der Waals surface area contributed by atoms with Crippen LogP contribution in [0.1, 0.15) is 52.6 Å². The van der Waals surface area contributed by atoms with Crippen molar-refractivity contribution < 1.29 is 54.6 Å². The normalized spacial score (nSPS) is 14.8. The smallest absolute Gasteiger partial charge is 0.296 e. The highest BCUT2D eigenvalue weighted by Gasteiger charge is 2.34. The quantitative estimate of drug-likeness (QED) is 0.0621. The van der Waals surface area contributed by atoms with Gasteiger partial charge in [0, 0.05) is 33.6 Å². The maximum Gasteiger partial charge on any atom is 0.296 e. The SMILES string of the molecule is COc1ccc(N/N=C2\C(=O)c3ccc(NC(=O)c4ccc(C(=O)Nc5ccc6c(c5)C=C(S(=O)(=O)O)/C(=N/Nc5ccc(OC)cc5)C6=O)cc4)cc3C=C2S(=O)(=O)O)cc1. The van der Waals surface area contributed by atoms with Gasteiger partial charge in [0.15, 0.2) is 11.4 Å². The molecule has 62 heavy (non-hydrogen) atoms. The predicted molar refractivity (Wildman–Crippen MR) is 231 cm³/mol. The Morgan fingerprint density at radius 3 is 1.18 bits per heavy atom. The van der Waals surface area contributed by atoms with Gasteiger partial charge in [0.25, 0.3) is 32.1 Å². The Balaban J connectivity index is 1.03. The van der Waals surface area contributed by atoms with Gasteiger partial charge in [0.1, 0.15) is 21.3 Å². The molecule has 0 aromatic heterocycles. The molecule has 0 heterocycles. The van der Waals surface area contributed by atoms with Crippen molar-refractivity contribution in [2.75, 3.05) is 35.7 Å². The van der Waals surface area contributed by atoms with Gasteiger partial charge in [-0.1, -0.05) is 0 Å². The third-order valence-electron chi connectivity index (χ3n) is 9.32. The second-order valence-electron chi connectivity index (χ2n) is 13.3. The molecular weight excluding hydrogens is 845 g/mol. The molecular formula is C42H32N6O12S2. The highest BCUT2D eigenvalue weighted by molar-refractivity contribution is 7.91. The van der Waals surface area contributed by atoms with Gasteiger partial charge in [-0.3, -0.25) is 39.1 Å². The number of methoxy groups -OCH3 is 2. The summed E-state index contributed by atoms with van der Waals surface area (Å²) in [4.78, 5) is 51.7. The monoisotopic (exact) mass is 876 g/mol. The number of fused-ring (bicyclic) bond motifs is 2. The summed E-state index contributed by atoms with van der Waals surface area (Å²) < 4.78 is 79.5. The fourth-order valence-electron chi connectivity index (χ4n) is 6.19. The number of rotatable bonds is 12. The van der Waals surface area contributed by atoms with Crippen LogP contribution >= 0.6 is 0 Å². The van der Waals surface area contributed by atoms with E-state index in [0.29, 0.717) is 22.9 Å². The fraction of sp³-hybridized carbons (Fsp3) is 0.0476. The average Bonchev–Trinajstić information content (AvgIpc) is 3.25. The summed E-state index contributed by atoms with van der Waals surface area (Å²) in [6, 6.07) is 26.6. The second-order valence-corrected chi connectivity index (χ2v) is 16.1. The molecule has 6 N–H and O–H groups in total. The molecule has 0 unspecified atom stereocenters. The van der Waals surface area contributed by atoms with Gasteiger partial charge in [-0.15, -0.1) is 0 Å². The Kier molecular flexibility index (Phi) is 11.7. The number of hydrazone groups is 2. The van der Waals surface area contributed by atoms with Crippen LogP contribution in [0.4, 0.5) is 22.7 Å². The average molecular weight is 877 g/mol. The summed E-state index contributed by atoms with van der Waals surface area (Å²) in [6.45, 7) is 0. The van der Waals surface area contributed by atoms with Crippen molar-refractivity contribution in [3.05, 3.63) is 152 Å². The number of nitrogens with zero attached hydrogens (tertiary/aromatic N) is 2. The molecule has 2 aliphatic carbocycles. The van der Waals surface area contributed by atoms with Crippen molar-refractivity contribution in [2.24, 2.45) is 10.2 Å². The van der Waals surface area contributed by atoms with Crippen LogP contribution < -0.4 is 31.0 Å². The third kappa shape index (κ3) is 9.17. The van der Waals surface area contributed by atoms with Crippen LogP contribution in [0.2, 0.25) is 0 Å². The molecule has 2 aliphatic rings. The number of hydrogen-bond acceptors (Lipinski definition) is 14. The molecule has 0 bridgehead atoms. The van der Waals surface area contributed by atoms with Crippen LogP contribution in [-0.2, 0) is 20.2 Å². The molecule has 0 saturated carbocycles. The zero-order valence-electron chi connectivity index (χ0n) is 32.2. The van der Waals surface area contributed by atoms with Crippen LogP contribution in [0.25, 0.3) is 12.2 Å². The van der Waals surface area contributed by atoms with E-state index in [1.165, 1.54) is 74.9 Å². The van der Waals surface area contributed by atoms with Gasteiger partial charge in [-0.05, 0) is 132 Å². The molecule has 0 atom stereocenters. The van der Waals surface area contributed by atoms with E-state index in [4.69, 9.17) is 9.47 Å².